The van der Waals surface area contributed by atoms with Crippen LogP contribution in [0.4, 0.5) is 11.7 Å². The first kappa shape index (κ1) is 8.81. The van der Waals surface area contributed by atoms with Crippen LogP contribution in [-0.4, -0.2) is 12.0 Å². The first-order valence-corrected chi connectivity index (χ1v) is 4.48. The fourth-order valence-electron chi connectivity index (χ4n) is 1.39. The Balaban J connectivity index is 2.37. The van der Waals surface area contributed by atoms with E-state index in [4.69, 9.17) is 4.42 Å². The fraction of sp³-hybridized carbons (Fsp3) is 0.182. The molecule has 0 aliphatic rings. The van der Waals surface area contributed by atoms with Crippen molar-refractivity contribution in [2.75, 3.05) is 11.9 Å². The summed E-state index contributed by atoms with van der Waals surface area (Å²) in [7, 11) is 1.94. The zero-order valence-corrected chi connectivity index (χ0v) is 8.27. The lowest BCUT2D eigenvalue weighted by molar-refractivity contribution is 0.568. The SMILES string of the molecule is Cc1cccnc1N(C)c1ccco1. The van der Waals surface area contributed by atoms with Gasteiger partial charge in [0.1, 0.15) is 5.82 Å². The molecule has 3 heteroatoms. The van der Waals surface area contributed by atoms with Gasteiger partial charge in [-0.25, -0.2) is 4.98 Å². The fourth-order valence-corrected chi connectivity index (χ4v) is 1.39. The Morgan fingerprint density at radius 2 is 2.14 bits per heavy atom. The monoisotopic (exact) mass is 188 g/mol. The van der Waals surface area contributed by atoms with E-state index in [1.54, 1.807) is 12.5 Å². The molecule has 0 saturated carbocycles. The molecule has 2 rings (SSSR count). The lowest BCUT2D eigenvalue weighted by Gasteiger charge is -2.16. The van der Waals surface area contributed by atoms with E-state index in [-0.39, 0.29) is 0 Å². The molecule has 0 unspecified atom stereocenters. The predicted octanol–water partition coefficient (Wildman–Crippen LogP) is 2.75. The van der Waals surface area contributed by atoms with Crippen LogP contribution >= 0.6 is 0 Å². The van der Waals surface area contributed by atoms with Crippen LogP contribution in [0.2, 0.25) is 0 Å². The number of anilines is 2. The lowest BCUT2D eigenvalue weighted by Crippen LogP contribution is -2.11. The minimum atomic E-state index is 0.798. The van der Waals surface area contributed by atoms with E-state index in [9.17, 15) is 0 Å². The Kier molecular flexibility index (Phi) is 2.23. The highest BCUT2D eigenvalue weighted by Gasteiger charge is 2.08. The van der Waals surface area contributed by atoms with Crippen LogP contribution in [0.25, 0.3) is 0 Å². The van der Waals surface area contributed by atoms with Gasteiger partial charge in [0, 0.05) is 19.3 Å². The van der Waals surface area contributed by atoms with Crippen molar-refractivity contribution in [3.8, 4) is 0 Å². The molecule has 72 valence electrons. The summed E-state index contributed by atoms with van der Waals surface area (Å²) < 4.78 is 5.29. The Morgan fingerprint density at radius 3 is 2.79 bits per heavy atom. The van der Waals surface area contributed by atoms with Gasteiger partial charge in [-0.05, 0) is 24.6 Å². The molecule has 3 nitrogen and oxygen atoms in total. The minimum Gasteiger partial charge on any atom is -0.448 e. The number of furan rings is 1. The standard InChI is InChI=1S/C11H12N2O/c1-9-5-3-7-12-11(9)13(2)10-6-4-8-14-10/h3-8H,1-2H3. The topological polar surface area (TPSA) is 29.3 Å². The smallest absolute Gasteiger partial charge is 0.200 e. The van der Waals surface area contributed by atoms with E-state index >= 15 is 0 Å². The van der Waals surface area contributed by atoms with Crippen molar-refractivity contribution < 1.29 is 4.42 Å². The van der Waals surface area contributed by atoms with Crippen LogP contribution in [0.5, 0.6) is 0 Å². The third kappa shape index (κ3) is 1.48. The van der Waals surface area contributed by atoms with Gasteiger partial charge < -0.3 is 4.42 Å². The van der Waals surface area contributed by atoms with Gasteiger partial charge in [-0.15, -0.1) is 0 Å². The molecule has 0 amide bonds. The Bertz CT molecular complexity index is 409. The molecule has 2 heterocycles. The summed E-state index contributed by atoms with van der Waals surface area (Å²) in [4.78, 5) is 6.23. The van der Waals surface area contributed by atoms with Crippen molar-refractivity contribution in [2.24, 2.45) is 0 Å². The third-order valence-electron chi connectivity index (χ3n) is 2.14. The number of pyridine rings is 1. The highest BCUT2D eigenvalue weighted by Crippen LogP contribution is 2.23. The predicted molar refractivity (Wildman–Crippen MR) is 55.7 cm³/mol. The first-order chi connectivity index (χ1) is 6.79. The van der Waals surface area contributed by atoms with Crippen LogP contribution in [0.15, 0.2) is 41.1 Å². The maximum atomic E-state index is 5.29. The summed E-state index contributed by atoms with van der Waals surface area (Å²) in [5, 5.41) is 0. The van der Waals surface area contributed by atoms with E-state index in [0.717, 1.165) is 17.3 Å². The van der Waals surface area contributed by atoms with Crippen LogP contribution in [0, 0.1) is 6.92 Å². The Hall–Kier alpha value is -1.77. The molecule has 0 bridgehead atoms. The molecule has 0 radical (unpaired) electrons. The summed E-state index contributed by atoms with van der Waals surface area (Å²) in [5.41, 5.74) is 1.13. The van der Waals surface area contributed by atoms with Crippen molar-refractivity contribution in [3.63, 3.8) is 0 Å². The largest absolute Gasteiger partial charge is 0.448 e. The zero-order chi connectivity index (χ0) is 9.97. The summed E-state index contributed by atoms with van der Waals surface area (Å²) >= 11 is 0. The molecule has 0 saturated heterocycles. The number of aryl methyl sites for hydroxylation is 1. The van der Waals surface area contributed by atoms with Gasteiger partial charge in [0.25, 0.3) is 0 Å². The lowest BCUT2D eigenvalue weighted by atomic mass is 10.3. The molecule has 0 N–H and O–H groups in total. The molecule has 0 fully saturated rings. The number of aromatic nitrogens is 1. The van der Waals surface area contributed by atoms with Crippen LogP contribution in [0.3, 0.4) is 0 Å². The second-order valence-electron chi connectivity index (χ2n) is 3.15. The van der Waals surface area contributed by atoms with E-state index in [1.807, 2.05) is 43.1 Å². The van der Waals surface area contributed by atoms with Gasteiger partial charge in [-0.1, -0.05) is 6.07 Å². The second kappa shape index (κ2) is 3.54. The summed E-state index contributed by atoms with van der Waals surface area (Å²) in [6, 6.07) is 7.73. The van der Waals surface area contributed by atoms with Crippen molar-refractivity contribution in [1.82, 2.24) is 4.98 Å². The Labute approximate surface area is 83.0 Å². The van der Waals surface area contributed by atoms with E-state index in [1.165, 1.54) is 0 Å². The average molecular weight is 188 g/mol. The van der Waals surface area contributed by atoms with Gasteiger partial charge in [-0.3, -0.25) is 4.90 Å². The molecule has 0 atom stereocenters. The first-order valence-electron chi connectivity index (χ1n) is 4.48. The molecular weight excluding hydrogens is 176 g/mol. The van der Waals surface area contributed by atoms with E-state index < -0.39 is 0 Å². The van der Waals surface area contributed by atoms with Gasteiger partial charge in [0.2, 0.25) is 5.88 Å². The molecule has 0 aliphatic heterocycles. The maximum absolute atomic E-state index is 5.29. The van der Waals surface area contributed by atoms with Crippen molar-refractivity contribution in [2.45, 2.75) is 6.92 Å². The van der Waals surface area contributed by atoms with Crippen LogP contribution < -0.4 is 4.90 Å². The summed E-state index contributed by atoms with van der Waals surface area (Å²) in [6.45, 7) is 2.03. The molecule has 2 aromatic heterocycles. The number of nitrogens with zero attached hydrogens (tertiary/aromatic N) is 2. The van der Waals surface area contributed by atoms with E-state index in [2.05, 4.69) is 4.98 Å². The summed E-state index contributed by atoms with van der Waals surface area (Å²) in [6.07, 6.45) is 3.44. The Morgan fingerprint density at radius 1 is 1.29 bits per heavy atom. The highest BCUT2D eigenvalue weighted by molar-refractivity contribution is 5.56. The molecule has 0 aliphatic carbocycles. The average Bonchev–Trinajstić information content (AvgIpc) is 2.70. The zero-order valence-electron chi connectivity index (χ0n) is 8.27. The van der Waals surface area contributed by atoms with Crippen LogP contribution in [0.1, 0.15) is 5.56 Å². The normalized spacial score (nSPS) is 10.1. The quantitative estimate of drug-likeness (QED) is 0.725. The maximum Gasteiger partial charge on any atom is 0.200 e. The minimum absolute atomic E-state index is 0.798. The van der Waals surface area contributed by atoms with Gasteiger partial charge in [0.05, 0.1) is 6.26 Å². The van der Waals surface area contributed by atoms with E-state index in [0.29, 0.717) is 0 Å². The highest BCUT2D eigenvalue weighted by atomic mass is 16.3. The molecule has 2 aromatic rings. The molecule has 14 heavy (non-hydrogen) atoms. The van der Waals surface area contributed by atoms with Crippen molar-refractivity contribution in [1.29, 1.82) is 0 Å². The number of hydrogen-bond donors (Lipinski definition) is 0. The third-order valence-corrected chi connectivity index (χ3v) is 2.14. The number of rotatable bonds is 2. The second-order valence-corrected chi connectivity index (χ2v) is 3.15. The number of hydrogen-bond acceptors (Lipinski definition) is 3. The van der Waals surface area contributed by atoms with Gasteiger partial charge in [0.15, 0.2) is 0 Å². The molecular formula is C11H12N2O. The van der Waals surface area contributed by atoms with Gasteiger partial charge in [-0.2, -0.15) is 0 Å². The summed E-state index contributed by atoms with van der Waals surface area (Å²) in [5.74, 6) is 1.72. The molecule has 0 spiro atoms. The van der Waals surface area contributed by atoms with Crippen molar-refractivity contribution >= 4 is 11.7 Å². The molecule has 0 aromatic carbocycles. The van der Waals surface area contributed by atoms with Crippen molar-refractivity contribution in [3.05, 3.63) is 42.3 Å². The van der Waals surface area contributed by atoms with Gasteiger partial charge >= 0.3 is 0 Å². The van der Waals surface area contributed by atoms with Crippen LogP contribution in [-0.2, 0) is 0 Å².